The molecular weight excluding hydrogens is 334 g/mol. The van der Waals surface area contributed by atoms with Crippen LogP contribution in [-0.2, 0) is 6.54 Å². The number of benzene rings is 2. The minimum atomic E-state index is -0.0141. The predicted octanol–water partition coefficient (Wildman–Crippen LogP) is 4.36. The fraction of sp³-hybridized carbons (Fsp3) is 0.0435. The van der Waals surface area contributed by atoms with E-state index in [0.717, 1.165) is 22.2 Å². The first kappa shape index (κ1) is 15.6. The van der Waals surface area contributed by atoms with Crippen molar-refractivity contribution in [3.8, 4) is 11.1 Å². The van der Waals surface area contributed by atoms with Gasteiger partial charge in [0.05, 0.1) is 23.8 Å². The third-order valence-electron chi connectivity index (χ3n) is 4.87. The number of hydrogen-bond donors (Lipinski definition) is 0. The zero-order chi connectivity index (χ0) is 18.2. The van der Waals surface area contributed by atoms with Crippen molar-refractivity contribution < 1.29 is 0 Å². The SMILES string of the molecule is O=c1c2ccccc2ncn1Cc1cccc(-c2ccc3cccn3c2)c1. The summed E-state index contributed by atoms with van der Waals surface area (Å²) in [4.78, 5) is 17.1. The second-order valence-electron chi connectivity index (χ2n) is 6.65. The first-order chi connectivity index (χ1) is 13.3. The summed E-state index contributed by atoms with van der Waals surface area (Å²) < 4.78 is 3.77. The van der Waals surface area contributed by atoms with Gasteiger partial charge in [-0.15, -0.1) is 0 Å². The molecule has 0 atom stereocenters. The Hall–Kier alpha value is -3.66. The van der Waals surface area contributed by atoms with Gasteiger partial charge in [-0.1, -0.05) is 36.4 Å². The van der Waals surface area contributed by atoms with Crippen molar-refractivity contribution in [2.45, 2.75) is 6.54 Å². The highest BCUT2D eigenvalue weighted by atomic mass is 16.1. The van der Waals surface area contributed by atoms with E-state index in [2.05, 4.69) is 45.9 Å². The Bertz CT molecular complexity index is 1330. The summed E-state index contributed by atoms with van der Waals surface area (Å²) in [6.07, 6.45) is 5.80. The van der Waals surface area contributed by atoms with Crippen molar-refractivity contribution in [2.24, 2.45) is 0 Å². The fourth-order valence-electron chi connectivity index (χ4n) is 3.47. The van der Waals surface area contributed by atoms with Gasteiger partial charge in [-0.3, -0.25) is 9.36 Å². The standard InChI is InChI=1S/C23H17N3O/c27-23-21-8-1-2-9-22(21)24-16-26(23)14-17-5-3-6-18(13-17)19-10-11-20-7-4-12-25(20)15-19/h1-13,15-16H,14H2. The third-order valence-corrected chi connectivity index (χ3v) is 4.87. The maximum Gasteiger partial charge on any atom is 0.261 e. The summed E-state index contributed by atoms with van der Waals surface area (Å²) in [5.41, 5.74) is 5.23. The molecule has 4 heteroatoms. The molecule has 2 aromatic carbocycles. The Morgan fingerprint density at radius 2 is 1.78 bits per heavy atom. The van der Waals surface area contributed by atoms with Crippen LogP contribution in [-0.4, -0.2) is 14.0 Å². The summed E-state index contributed by atoms with van der Waals surface area (Å²) in [6.45, 7) is 0.496. The van der Waals surface area contributed by atoms with Crippen LogP contribution in [0, 0.1) is 0 Å². The Morgan fingerprint density at radius 1 is 0.852 bits per heavy atom. The summed E-state index contributed by atoms with van der Waals surface area (Å²) in [6, 6.07) is 24.1. The average molecular weight is 351 g/mol. The maximum absolute atomic E-state index is 12.7. The van der Waals surface area contributed by atoms with E-state index in [-0.39, 0.29) is 5.56 Å². The molecule has 0 aliphatic heterocycles. The molecular formula is C23H17N3O. The Morgan fingerprint density at radius 3 is 2.74 bits per heavy atom. The van der Waals surface area contributed by atoms with Crippen LogP contribution in [0.1, 0.15) is 5.56 Å². The number of pyridine rings is 1. The smallest absolute Gasteiger partial charge is 0.261 e. The van der Waals surface area contributed by atoms with Gasteiger partial charge >= 0.3 is 0 Å². The Kier molecular flexibility index (Phi) is 3.61. The topological polar surface area (TPSA) is 39.3 Å². The number of hydrogen-bond acceptors (Lipinski definition) is 2. The minimum absolute atomic E-state index is 0.0141. The molecule has 3 heterocycles. The molecule has 3 aromatic heterocycles. The fourth-order valence-corrected chi connectivity index (χ4v) is 3.47. The molecule has 0 fully saturated rings. The summed E-state index contributed by atoms with van der Waals surface area (Å²) in [5.74, 6) is 0. The van der Waals surface area contributed by atoms with Crippen LogP contribution in [0.5, 0.6) is 0 Å². The van der Waals surface area contributed by atoms with E-state index in [9.17, 15) is 4.79 Å². The lowest BCUT2D eigenvalue weighted by Crippen LogP contribution is -2.21. The lowest BCUT2D eigenvalue weighted by Gasteiger charge is -2.09. The summed E-state index contributed by atoms with van der Waals surface area (Å²) in [5, 5.41) is 0.647. The van der Waals surface area contributed by atoms with Crippen molar-refractivity contribution in [1.82, 2.24) is 14.0 Å². The molecule has 130 valence electrons. The van der Waals surface area contributed by atoms with Crippen molar-refractivity contribution in [2.75, 3.05) is 0 Å². The van der Waals surface area contributed by atoms with Gasteiger partial charge in [0.2, 0.25) is 0 Å². The average Bonchev–Trinajstić information content (AvgIpc) is 3.18. The van der Waals surface area contributed by atoms with Crippen LogP contribution >= 0.6 is 0 Å². The molecule has 0 saturated carbocycles. The van der Waals surface area contributed by atoms with Gasteiger partial charge in [-0.2, -0.15) is 0 Å². The van der Waals surface area contributed by atoms with E-state index in [1.165, 1.54) is 5.52 Å². The molecule has 5 aromatic rings. The molecule has 0 spiro atoms. The van der Waals surface area contributed by atoms with Gasteiger partial charge in [0.25, 0.3) is 5.56 Å². The molecule has 0 bridgehead atoms. The van der Waals surface area contributed by atoms with E-state index >= 15 is 0 Å². The van der Waals surface area contributed by atoms with Gasteiger partial charge < -0.3 is 4.40 Å². The van der Waals surface area contributed by atoms with Crippen molar-refractivity contribution in [3.63, 3.8) is 0 Å². The van der Waals surface area contributed by atoms with E-state index in [0.29, 0.717) is 11.9 Å². The molecule has 5 rings (SSSR count). The van der Waals surface area contributed by atoms with E-state index in [4.69, 9.17) is 0 Å². The second kappa shape index (κ2) is 6.25. The molecule has 4 nitrogen and oxygen atoms in total. The Labute approximate surface area is 156 Å². The van der Waals surface area contributed by atoms with Gasteiger partial charge in [0.1, 0.15) is 0 Å². The van der Waals surface area contributed by atoms with Crippen LogP contribution in [0.15, 0.2) is 96.3 Å². The molecule has 27 heavy (non-hydrogen) atoms. The molecule has 0 aliphatic rings. The largest absolute Gasteiger partial charge is 0.323 e. The molecule has 0 aliphatic carbocycles. The van der Waals surface area contributed by atoms with Crippen molar-refractivity contribution in [1.29, 1.82) is 0 Å². The molecule has 0 saturated heterocycles. The molecule has 0 radical (unpaired) electrons. The van der Waals surface area contributed by atoms with E-state index < -0.39 is 0 Å². The first-order valence-electron chi connectivity index (χ1n) is 8.88. The third kappa shape index (κ3) is 2.81. The lowest BCUT2D eigenvalue weighted by molar-refractivity contribution is 0.748. The zero-order valence-electron chi connectivity index (χ0n) is 14.6. The first-order valence-corrected chi connectivity index (χ1v) is 8.88. The highest BCUT2D eigenvalue weighted by molar-refractivity contribution is 5.77. The highest BCUT2D eigenvalue weighted by Crippen LogP contribution is 2.22. The molecule has 0 N–H and O–H groups in total. The van der Waals surface area contributed by atoms with Gasteiger partial charge in [-0.05, 0) is 53.1 Å². The second-order valence-corrected chi connectivity index (χ2v) is 6.65. The normalized spacial score (nSPS) is 11.3. The van der Waals surface area contributed by atoms with Crippen molar-refractivity contribution in [3.05, 3.63) is 107 Å². The van der Waals surface area contributed by atoms with Crippen LogP contribution < -0.4 is 5.56 Å². The van der Waals surface area contributed by atoms with Crippen LogP contribution in [0.2, 0.25) is 0 Å². The quantitative estimate of drug-likeness (QED) is 0.484. The predicted molar refractivity (Wildman–Crippen MR) is 108 cm³/mol. The highest BCUT2D eigenvalue weighted by Gasteiger charge is 2.06. The van der Waals surface area contributed by atoms with Crippen LogP contribution in [0.4, 0.5) is 0 Å². The summed E-state index contributed by atoms with van der Waals surface area (Å²) >= 11 is 0. The number of rotatable bonds is 3. The zero-order valence-corrected chi connectivity index (χ0v) is 14.6. The number of para-hydroxylation sites is 1. The molecule has 0 unspecified atom stereocenters. The number of aromatic nitrogens is 3. The Balaban J connectivity index is 1.52. The van der Waals surface area contributed by atoms with E-state index in [1.54, 1.807) is 10.9 Å². The van der Waals surface area contributed by atoms with E-state index in [1.807, 2.05) is 48.7 Å². The lowest BCUT2D eigenvalue weighted by atomic mass is 10.0. The number of nitrogens with zero attached hydrogens (tertiary/aromatic N) is 3. The van der Waals surface area contributed by atoms with Crippen molar-refractivity contribution >= 4 is 16.4 Å². The maximum atomic E-state index is 12.7. The summed E-state index contributed by atoms with van der Waals surface area (Å²) in [7, 11) is 0. The monoisotopic (exact) mass is 351 g/mol. The van der Waals surface area contributed by atoms with Crippen LogP contribution in [0.3, 0.4) is 0 Å². The number of fused-ring (bicyclic) bond motifs is 2. The van der Waals surface area contributed by atoms with Gasteiger partial charge in [0.15, 0.2) is 0 Å². The van der Waals surface area contributed by atoms with Crippen LogP contribution in [0.25, 0.3) is 27.5 Å². The van der Waals surface area contributed by atoms with Gasteiger partial charge in [0, 0.05) is 17.9 Å². The molecule has 0 amide bonds. The minimum Gasteiger partial charge on any atom is -0.323 e. The van der Waals surface area contributed by atoms with Gasteiger partial charge in [-0.25, -0.2) is 4.98 Å².